The average Bonchev–Trinajstić information content (AvgIpc) is 2.25. The van der Waals surface area contributed by atoms with Gasteiger partial charge in [0.15, 0.2) is 6.10 Å². The standard InChI is InChI=1S/C11H11N2O2/c12-7-6-10(11(13)14)15-8-9-4-2-1-3-5-9/h1-6,10H,8H2,(H2,13,14)/t10-/m1/s1. The predicted molar refractivity (Wildman–Crippen MR) is 54.1 cm³/mol. The predicted octanol–water partition coefficient (Wildman–Crippen LogP) is 0.785. The highest BCUT2D eigenvalue weighted by Crippen LogP contribution is 2.04. The first-order chi connectivity index (χ1) is 7.24. The molecule has 4 nitrogen and oxygen atoms in total. The van der Waals surface area contributed by atoms with Gasteiger partial charge in [0.25, 0.3) is 0 Å². The van der Waals surface area contributed by atoms with Gasteiger partial charge < -0.3 is 10.5 Å². The molecule has 0 bridgehead atoms. The van der Waals surface area contributed by atoms with Crippen LogP contribution in [0.1, 0.15) is 5.56 Å². The van der Waals surface area contributed by atoms with Crippen LogP contribution in [0.5, 0.6) is 0 Å². The van der Waals surface area contributed by atoms with Crippen LogP contribution in [-0.2, 0) is 16.1 Å². The van der Waals surface area contributed by atoms with Gasteiger partial charge in [-0.15, -0.1) is 0 Å². The van der Waals surface area contributed by atoms with E-state index < -0.39 is 12.0 Å². The highest BCUT2D eigenvalue weighted by atomic mass is 16.5. The summed E-state index contributed by atoms with van der Waals surface area (Å²) in [6.07, 6.45) is 0.126. The lowest BCUT2D eigenvalue weighted by molar-refractivity contribution is -0.127. The first-order valence-electron chi connectivity index (χ1n) is 4.42. The van der Waals surface area contributed by atoms with Gasteiger partial charge in [0.2, 0.25) is 5.91 Å². The summed E-state index contributed by atoms with van der Waals surface area (Å²) in [5, 5.41) is 8.39. The van der Waals surface area contributed by atoms with Gasteiger partial charge >= 0.3 is 0 Å². The Bertz CT molecular complexity index is 357. The van der Waals surface area contributed by atoms with Gasteiger partial charge in [-0.1, -0.05) is 30.3 Å². The summed E-state index contributed by atoms with van der Waals surface area (Å²) >= 11 is 0. The first-order valence-corrected chi connectivity index (χ1v) is 4.42. The van der Waals surface area contributed by atoms with E-state index in [0.717, 1.165) is 12.0 Å². The van der Waals surface area contributed by atoms with E-state index in [0.29, 0.717) is 0 Å². The van der Waals surface area contributed by atoms with Crippen LogP contribution < -0.4 is 5.73 Å². The van der Waals surface area contributed by atoms with Gasteiger partial charge in [-0.05, 0) is 5.56 Å². The molecule has 2 N–H and O–H groups in total. The Morgan fingerprint density at radius 3 is 2.73 bits per heavy atom. The van der Waals surface area contributed by atoms with Crippen molar-refractivity contribution in [1.29, 1.82) is 5.26 Å². The number of ether oxygens (including phenoxy) is 1. The molecular formula is C11H11N2O2. The molecule has 0 aromatic heterocycles. The molecule has 0 aliphatic carbocycles. The van der Waals surface area contributed by atoms with Gasteiger partial charge in [-0.3, -0.25) is 4.79 Å². The molecule has 0 saturated heterocycles. The fourth-order valence-electron chi connectivity index (χ4n) is 1.04. The molecule has 0 aliphatic rings. The molecule has 4 heteroatoms. The van der Waals surface area contributed by atoms with Crippen LogP contribution in [0.25, 0.3) is 0 Å². The van der Waals surface area contributed by atoms with Crippen LogP contribution in [0.3, 0.4) is 0 Å². The fraction of sp³-hybridized carbons (Fsp3) is 0.182. The van der Waals surface area contributed by atoms with Crippen LogP contribution >= 0.6 is 0 Å². The number of nitrogens with two attached hydrogens (primary N) is 1. The van der Waals surface area contributed by atoms with Crippen molar-refractivity contribution in [1.82, 2.24) is 0 Å². The van der Waals surface area contributed by atoms with E-state index in [1.165, 1.54) is 0 Å². The van der Waals surface area contributed by atoms with Crippen molar-refractivity contribution < 1.29 is 9.53 Å². The smallest absolute Gasteiger partial charge is 0.248 e. The maximum atomic E-state index is 10.8. The summed E-state index contributed by atoms with van der Waals surface area (Å²) in [7, 11) is 0. The molecule has 1 radical (unpaired) electrons. The van der Waals surface area contributed by atoms with Crippen molar-refractivity contribution in [3.8, 4) is 6.07 Å². The van der Waals surface area contributed by atoms with Crippen LogP contribution in [0, 0.1) is 17.8 Å². The van der Waals surface area contributed by atoms with E-state index in [4.69, 9.17) is 15.7 Å². The molecule has 15 heavy (non-hydrogen) atoms. The molecule has 0 saturated carbocycles. The van der Waals surface area contributed by atoms with E-state index in [9.17, 15) is 4.79 Å². The van der Waals surface area contributed by atoms with E-state index in [2.05, 4.69) is 0 Å². The number of benzene rings is 1. The second-order valence-corrected chi connectivity index (χ2v) is 2.92. The van der Waals surface area contributed by atoms with Crippen LogP contribution in [-0.4, -0.2) is 12.0 Å². The number of carbonyl (C=O) groups excluding carboxylic acids is 1. The van der Waals surface area contributed by atoms with Gasteiger partial charge in [0, 0.05) is 0 Å². The van der Waals surface area contributed by atoms with Crippen molar-refractivity contribution in [3.63, 3.8) is 0 Å². The van der Waals surface area contributed by atoms with E-state index in [-0.39, 0.29) is 6.61 Å². The summed E-state index contributed by atoms with van der Waals surface area (Å²) < 4.78 is 5.18. The zero-order valence-corrected chi connectivity index (χ0v) is 8.09. The zero-order valence-electron chi connectivity index (χ0n) is 8.09. The fourth-order valence-corrected chi connectivity index (χ4v) is 1.04. The minimum absolute atomic E-state index is 0.257. The Morgan fingerprint density at radius 2 is 2.20 bits per heavy atom. The quantitative estimate of drug-likeness (QED) is 0.768. The van der Waals surface area contributed by atoms with Crippen molar-refractivity contribution in [2.75, 3.05) is 0 Å². The molecule has 0 fully saturated rings. The van der Waals surface area contributed by atoms with Crippen molar-refractivity contribution in [2.45, 2.75) is 12.7 Å². The summed E-state index contributed by atoms with van der Waals surface area (Å²) in [5.74, 6) is -0.660. The molecule has 1 aromatic carbocycles. The molecule has 0 spiro atoms. The maximum Gasteiger partial charge on any atom is 0.248 e. The number of rotatable bonds is 5. The number of carbonyl (C=O) groups is 1. The Hall–Kier alpha value is -1.86. The minimum Gasteiger partial charge on any atom is -0.367 e. The number of hydrogen-bond acceptors (Lipinski definition) is 3. The number of nitrogens with zero attached hydrogens (tertiary/aromatic N) is 1. The van der Waals surface area contributed by atoms with Crippen molar-refractivity contribution in [2.24, 2.45) is 5.73 Å². The second-order valence-electron chi connectivity index (χ2n) is 2.92. The largest absolute Gasteiger partial charge is 0.367 e. The summed E-state index contributed by atoms with van der Waals surface area (Å²) in [5.41, 5.74) is 5.97. The zero-order chi connectivity index (χ0) is 11.1. The SMILES string of the molecule is N#C[CH][C@@H](OCc1ccccc1)C(N)=O. The normalized spacial score (nSPS) is 11.7. The molecule has 1 aromatic rings. The Morgan fingerprint density at radius 1 is 1.53 bits per heavy atom. The monoisotopic (exact) mass is 203 g/mol. The topological polar surface area (TPSA) is 76.1 Å². The first kappa shape index (κ1) is 11.2. The summed E-state index contributed by atoms with van der Waals surface area (Å²) in [6, 6.07) is 11.1. The molecule has 77 valence electrons. The molecule has 0 unspecified atom stereocenters. The average molecular weight is 203 g/mol. The molecule has 0 heterocycles. The Labute approximate surface area is 88.3 Å². The van der Waals surface area contributed by atoms with Crippen molar-refractivity contribution >= 4 is 5.91 Å². The highest BCUT2D eigenvalue weighted by Gasteiger charge is 2.15. The molecule has 1 amide bonds. The van der Waals surface area contributed by atoms with Crippen LogP contribution in [0.2, 0.25) is 0 Å². The number of primary amides is 1. The lowest BCUT2D eigenvalue weighted by Crippen LogP contribution is -2.31. The minimum atomic E-state index is -0.949. The molecule has 1 atom stereocenters. The third-order valence-electron chi connectivity index (χ3n) is 1.78. The van der Waals surface area contributed by atoms with Crippen LogP contribution in [0.4, 0.5) is 0 Å². The Kier molecular flexibility index (Phi) is 4.32. The molecule has 1 rings (SSSR count). The molecular weight excluding hydrogens is 192 g/mol. The van der Waals surface area contributed by atoms with E-state index >= 15 is 0 Å². The second kappa shape index (κ2) is 5.78. The summed E-state index contributed by atoms with van der Waals surface area (Å²) in [4.78, 5) is 10.8. The number of amides is 1. The van der Waals surface area contributed by atoms with E-state index in [1.54, 1.807) is 6.07 Å². The van der Waals surface area contributed by atoms with Gasteiger partial charge in [-0.25, -0.2) is 0 Å². The number of nitriles is 1. The van der Waals surface area contributed by atoms with Gasteiger partial charge in [0.05, 0.1) is 12.7 Å². The lowest BCUT2D eigenvalue weighted by atomic mass is 10.2. The summed E-state index contributed by atoms with van der Waals surface area (Å²) in [6.45, 7) is 0.257. The number of hydrogen-bond donors (Lipinski definition) is 1. The van der Waals surface area contributed by atoms with Crippen LogP contribution in [0.15, 0.2) is 30.3 Å². The lowest BCUT2D eigenvalue weighted by Gasteiger charge is -2.10. The Balaban J connectivity index is 2.48. The molecule has 0 aliphatic heterocycles. The third-order valence-corrected chi connectivity index (χ3v) is 1.78. The highest BCUT2D eigenvalue weighted by molar-refractivity contribution is 5.80. The van der Waals surface area contributed by atoms with Gasteiger partial charge in [-0.2, -0.15) is 5.26 Å². The van der Waals surface area contributed by atoms with E-state index in [1.807, 2.05) is 30.3 Å². The third kappa shape index (κ3) is 3.79. The van der Waals surface area contributed by atoms with Gasteiger partial charge in [0.1, 0.15) is 6.42 Å². The maximum absolute atomic E-state index is 10.8. The van der Waals surface area contributed by atoms with Crippen molar-refractivity contribution in [3.05, 3.63) is 42.3 Å².